The van der Waals surface area contributed by atoms with Gasteiger partial charge < -0.3 is 0 Å². The molecule has 170 valence electrons. The molecule has 2 heteroatoms. The zero-order valence-corrected chi connectivity index (χ0v) is 20.4. The fourth-order valence-electron chi connectivity index (χ4n) is 4.46. The van der Waals surface area contributed by atoms with Crippen molar-refractivity contribution in [1.29, 1.82) is 0 Å². The molecule has 1 heterocycles. The van der Waals surface area contributed by atoms with Crippen LogP contribution in [0.5, 0.6) is 0 Å². The van der Waals surface area contributed by atoms with E-state index in [1.807, 2.05) is 0 Å². The summed E-state index contributed by atoms with van der Waals surface area (Å²) in [5, 5.41) is 0. The van der Waals surface area contributed by atoms with Crippen molar-refractivity contribution in [3.63, 3.8) is 0 Å². The van der Waals surface area contributed by atoms with Gasteiger partial charge in [0.2, 0.25) is 0 Å². The highest BCUT2D eigenvalue weighted by atomic mass is 15.1. The van der Waals surface area contributed by atoms with Crippen LogP contribution in [0, 0.1) is 0 Å². The van der Waals surface area contributed by atoms with E-state index in [1.54, 1.807) is 5.82 Å². The van der Waals surface area contributed by atoms with Gasteiger partial charge in [-0.2, -0.15) is 0 Å². The molecule has 0 aliphatic carbocycles. The molecule has 0 saturated carbocycles. The number of aryl methyl sites for hydroxylation is 2. The summed E-state index contributed by atoms with van der Waals surface area (Å²) in [4.78, 5) is 0. The van der Waals surface area contributed by atoms with E-state index in [9.17, 15) is 0 Å². The van der Waals surface area contributed by atoms with E-state index in [0.29, 0.717) is 0 Å². The van der Waals surface area contributed by atoms with Crippen LogP contribution in [0.3, 0.4) is 0 Å². The number of rotatable bonds is 21. The Labute approximate surface area is 183 Å². The van der Waals surface area contributed by atoms with Crippen LogP contribution >= 0.6 is 0 Å². The number of nitrogens with zero attached hydrogens (tertiary/aromatic N) is 2. The summed E-state index contributed by atoms with van der Waals surface area (Å²) in [5.74, 6) is 1.55. The highest BCUT2D eigenvalue weighted by Gasteiger charge is 2.14. The van der Waals surface area contributed by atoms with E-state index in [-0.39, 0.29) is 0 Å². The van der Waals surface area contributed by atoms with Gasteiger partial charge in [0, 0.05) is 6.42 Å². The van der Waals surface area contributed by atoms with Gasteiger partial charge in [-0.3, -0.25) is 0 Å². The van der Waals surface area contributed by atoms with Gasteiger partial charge in [-0.1, -0.05) is 110 Å². The first kappa shape index (κ1) is 26.2. The average molecular weight is 406 g/mol. The highest BCUT2D eigenvalue weighted by Crippen LogP contribution is 2.13. The van der Waals surface area contributed by atoms with Crippen molar-refractivity contribution in [2.45, 2.75) is 156 Å². The summed E-state index contributed by atoms with van der Waals surface area (Å²) in [6.07, 6.45) is 31.5. The predicted octanol–water partition coefficient (Wildman–Crippen LogP) is 8.40. The van der Waals surface area contributed by atoms with Crippen molar-refractivity contribution in [2.75, 3.05) is 0 Å². The van der Waals surface area contributed by atoms with E-state index in [2.05, 4.69) is 42.3 Å². The smallest absolute Gasteiger partial charge is 0.235 e. The van der Waals surface area contributed by atoms with Gasteiger partial charge in [0.05, 0.1) is 13.1 Å². The third-order valence-corrected chi connectivity index (χ3v) is 6.44. The van der Waals surface area contributed by atoms with E-state index in [1.165, 1.54) is 129 Å². The van der Waals surface area contributed by atoms with Gasteiger partial charge in [0.1, 0.15) is 12.4 Å². The van der Waals surface area contributed by atoms with Crippen LogP contribution in [0.1, 0.15) is 142 Å². The maximum Gasteiger partial charge on any atom is 0.256 e. The summed E-state index contributed by atoms with van der Waals surface area (Å²) in [6, 6.07) is 0. The van der Waals surface area contributed by atoms with Gasteiger partial charge in [0.15, 0.2) is 0 Å². The molecular formula is C27H53N2+. The predicted molar refractivity (Wildman–Crippen MR) is 128 cm³/mol. The minimum absolute atomic E-state index is 1.10. The van der Waals surface area contributed by atoms with Crippen molar-refractivity contribution >= 4 is 0 Å². The molecule has 0 unspecified atom stereocenters. The first-order valence-corrected chi connectivity index (χ1v) is 13.4. The molecule has 0 radical (unpaired) electrons. The lowest BCUT2D eigenvalue weighted by Gasteiger charge is -2.05. The highest BCUT2D eigenvalue weighted by molar-refractivity contribution is 4.83. The summed E-state index contributed by atoms with van der Waals surface area (Å²) < 4.78 is 4.97. The first-order valence-electron chi connectivity index (χ1n) is 13.4. The molecule has 0 bridgehead atoms. The van der Waals surface area contributed by atoms with Crippen molar-refractivity contribution in [1.82, 2.24) is 4.57 Å². The van der Waals surface area contributed by atoms with Crippen molar-refractivity contribution < 1.29 is 4.57 Å². The Balaban J connectivity index is 1.96. The summed E-state index contributed by atoms with van der Waals surface area (Å²) in [6.45, 7) is 9.18. The Morgan fingerprint density at radius 2 is 1.03 bits per heavy atom. The molecule has 1 aromatic heterocycles. The molecule has 0 fully saturated rings. The molecule has 1 aromatic rings. The summed E-state index contributed by atoms with van der Waals surface area (Å²) in [5.41, 5.74) is 0. The lowest BCUT2D eigenvalue weighted by atomic mass is 10.0. The van der Waals surface area contributed by atoms with Crippen LogP contribution in [-0.4, -0.2) is 4.57 Å². The van der Waals surface area contributed by atoms with E-state index < -0.39 is 0 Å². The average Bonchev–Trinajstić information content (AvgIpc) is 3.13. The zero-order chi connectivity index (χ0) is 21.0. The van der Waals surface area contributed by atoms with Crippen molar-refractivity contribution in [2.24, 2.45) is 0 Å². The van der Waals surface area contributed by atoms with Crippen LogP contribution in [0.15, 0.2) is 12.4 Å². The van der Waals surface area contributed by atoms with Gasteiger partial charge in [0.25, 0.3) is 5.82 Å². The van der Waals surface area contributed by atoms with E-state index in [0.717, 1.165) is 6.54 Å². The minimum atomic E-state index is 1.10. The standard InChI is InChI=1S/C27H53N2/c1-4-7-9-10-11-12-13-14-15-16-17-18-19-20-22-24-29-26-25-28(6-3)27(29)23-21-8-5-2/h25-26H,4-24H2,1-3H3/q+1. The van der Waals surface area contributed by atoms with Crippen LogP contribution in [0.25, 0.3) is 0 Å². The van der Waals surface area contributed by atoms with Gasteiger partial charge in [-0.25, -0.2) is 9.13 Å². The molecule has 0 amide bonds. The molecule has 0 aliphatic heterocycles. The molecule has 0 saturated heterocycles. The van der Waals surface area contributed by atoms with Gasteiger partial charge in [-0.05, 0) is 26.2 Å². The first-order chi connectivity index (χ1) is 14.3. The van der Waals surface area contributed by atoms with Crippen LogP contribution in [0.2, 0.25) is 0 Å². The van der Waals surface area contributed by atoms with Crippen LogP contribution in [-0.2, 0) is 19.5 Å². The summed E-state index contributed by atoms with van der Waals surface area (Å²) in [7, 11) is 0. The molecule has 0 aromatic carbocycles. The quantitative estimate of drug-likeness (QED) is 0.143. The largest absolute Gasteiger partial charge is 0.256 e. The Hall–Kier alpha value is -0.790. The van der Waals surface area contributed by atoms with Crippen molar-refractivity contribution in [3.8, 4) is 0 Å². The molecule has 0 spiro atoms. The van der Waals surface area contributed by atoms with Gasteiger partial charge >= 0.3 is 0 Å². The third-order valence-electron chi connectivity index (χ3n) is 6.44. The minimum Gasteiger partial charge on any atom is -0.235 e. The van der Waals surface area contributed by atoms with E-state index in [4.69, 9.17) is 0 Å². The molecule has 29 heavy (non-hydrogen) atoms. The maximum absolute atomic E-state index is 2.53. The third kappa shape index (κ3) is 13.2. The number of hydrogen-bond acceptors (Lipinski definition) is 0. The number of imidazole rings is 1. The molecule has 1 rings (SSSR count). The molecule has 0 aliphatic rings. The lowest BCUT2D eigenvalue weighted by molar-refractivity contribution is -0.704. The zero-order valence-electron chi connectivity index (χ0n) is 20.4. The monoisotopic (exact) mass is 405 g/mol. The number of unbranched alkanes of at least 4 members (excludes halogenated alkanes) is 16. The number of hydrogen-bond donors (Lipinski definition) is 0. The second-order valence-corrected chi connectivity index (χ2v) is 9.10. The van der Waals surface area contributed by atoms with Crippen LogP contribution in [0.4, 0.5) is 0 Å². The SMILES string of the molecule is CCCCCCCCCCCCCCCCC[n+]1ccn(CC)c1CCCCC. The Morgan fingerprint density at radius 3 is 1.52 bits per heavy atom. The second kappa shape index (κ2) is 19.2. The molecular weight excluding hydrogens is 352 g/mol. The fourth-order valence-corrected chi connectivity index (χ4v) is 4.46. The second-order valence-electron chi connectivity index (χ2n) is 9.10. The fraction of sp³-hybridized carbons (Fsp3) is 0.889. The normalized spacial score (nSPS) is 11.4. The summed E-state index contributed by atoms with van der Waals surface area (Å²) >= 11 is 0. The Bertz CT molecular complexity index is 463. The lowest BCUT2D eigenvalue weighted by Crippen LogP contribution is -2.37. The van der Waals surface area contributed by atoms with Crippen molar-refractivity contribution in [3.05, 3.63) is 18.2 Å². The molecule has 0 N–H and O–H groups in total. The molecule has 2 nitrogen and oxygen atoms in total. The number of aromatic nitrogens is 2. The topological polar surface area (TPSA) is 8.81 Å². The van der Waals surface area contributed by atoms with Gasteiger partial charge in [-0.15, -0.1) is 0 Å². The Morgan fingerprint density at radius 1 is 0.586 bits per heavy atom. The molecule has 0 atom stereocenters. The Kier molecular flexibility index (Phi) is 17.4. The maximum atomic E-state index is 2.53. The van der Waals surface area contributed by atoms with E-state index >= 15 is 0 Å². The van der Waals surface area contributed by atoms with Crippen LogP contribution < -0.4 is 4.57 Å².